The fourth-order valence-electron chi connectivity index (χ4n) is 1.87. The van der Waals surface area contributed by atoms with E-state index in [1.807, 2.05) is 29.6 Å². The third-order valence-corrected chi connectivity index (χ3v) is 3.98. The van der Waals surface area contributed by atoms with Gasteiger partial charge in [0.05, 0.1) is 18.7 Å². The predicted octanol–water partition coefficient (Wildman–Crippen LogP) is 3.49. The zero-order valence-corrected chi connectivity index (χ0v) is 14.6. The molecular weight excluding hydrogens is 345 g/mol. The summed E-state index contributed by atoms with van der Waals surface area (Å²) in [4.78, 5) is 1.13. The van der Waals surface area contributed by atoms with Crippen molar-refractivity contribution in [1.82, 2.24) is 5.32 Å². The van der Waals surface area contributed by atoms with Crippen molar-refractivity contribution in [3.05, 3.63) is 45.1 Å². The van der Waals surface area contributed by atoms with Crippen molar-refractivity contribution in [3.63, 3.8) is 0 Å². The van der Waals surface area contributed by atoms with Gasteiger partial charge in [0.2, 0.25) is 0 Å². The molecule has 0 spiro atoms. The zero-order valence-electron chi connectivity index (χ0n) is 12.2. The van der Waals surface area contributed by atoms with Gasteiger partial charge < -0.3 is 19.9 Å². The molecule has 0 aliphatic carbocycles. The molecule has 1 aromatic carbocycles. The number of aliphatic hydroxyl groups excluding tert-OH is 1. The first kappa shape index (κ1) is 19.1. The Morgan fingerprint density at radius 1 is 1.36 bits per heavy atom. The summed E-state index contributed by atoms with van der Waals surface area (Å²) in [7, 11) is 1.59. The first-order chi connectivity index (χ1) is 10.2. The van der Waals surface area contributed by atoms with Crippen LogP contribution in [0.4, 0.5) is 0 Å². The molecule has 0 unspecified atom stereocenters. The topological polar surface area (TPSA) is 50.7 Å². The van der Waals surface area contributed by atoms with Gasteiger partial charge in [0, 0.05) is 18.0 Å². The molecule has 1 heterocycles. The number of rotatable bonds is 8. The van der Waals surface area contributed by atoms with Crippen LogP contribution in [0.2, 0.25) is 5.02 Å². The highest BCUT2D eigenvalue weighted by Gasteiger charge is 2.12. The highest BCUT2D eigenvalue weighted by Crippen LogP contribution is 2.37. The molecule has 0 saturated carbocycles. The van der Waals surface area contributed by atoms with Gasteiger partial charge in [0.15, 0.2) is 11.5 Å². The Balaban J connectivity index is 0.00000242. The fraction of sp³-hybridized carbons (Fsp3) is 0.333. The van der Waals surface area contributed by atoms with E-state index in [2.05, 4.69) is 5.32 Å². The van der Waals surface area contributed by atoms with Gasteiger partial charge in [0.25, 0.3) is 0 Å². The highest BCUT2D eigenvalue weighted by atomic mass is 35.5. The molecule has 2 aromatic rings. The van der Waals surface area contributed by atoms with E-state index in [-0.39, 0.29) is 19.0 Å². The minimum Gasteiger partial charge on any atom is -0.493 e. The number of hydrogen-bond donors (Lipinski definition) is 2. The van der Waals surface area contributed by atoms with Gasteiger partial charge in [-0.25, -0.2) is 0 Å². The van der Waals surface area contributed by atoms with Gasteiger partial charge in [-0.3, -0.25) is 0 Å². The van der Waals surface area contributed by atoms with Crippen LogP contribution < -0.4 is 14.8 Å². The minimum atomic E-state index is 0. The molecule has 0 fully saturated rings. The Kier molecular flexibility index (Phi) is 8.60. The summed E-state index contributed by atoms with van der Waals surface area (Å²) in [5, 5.41) is 14.4. The Labute approximate surface area is 145 Å². The number of benzene rings is 1. The van der Waals surface area contributed by atoms with Crippen LogP contribution in [0, 0.1) is 0 Å². The van der Waals surface area contributed by atoms with E-state index in [0.29, 0.717) is 36.2 Å². The second-order valence-electron chi connectivity index (χ2n) is 4.38. The van der Waals surface area contributed by atoms with E-state index in [9.17, 15) is 0 Å². The second-order valence-corrected chi connectivity index (χ2v) is 5.82. The molecular formula is C15H19Cl2NO3S. The van der Waals surface area contributed by atoms with Gasteiger partial charge in [0.1, 0.15) is 6.61 Å². The van der Waals surface area contributed by atoms with Gasteiger partial charge >= 0.3 is 0 Å². The summed E-state index contributed by atoms with van der Waals surface area (Å²) in [6, 6.07) is 7.73. The molecule has 7 heteroatoms. The highest BCUT2D eigenvalue weighted by molar-refractivity contribution is 7.09. The smallest absolute Gasteiger partial charge is 0.180 e. The lowest BCUT2D eigenvalue weighted by Gasteiger charge is -2.14. The number of thiophene rings is 1. The first-order valence-electron chi connectivity index (χ1n) is 6.57. The quantitative estimate of drug-likeness (QED) is 0.704. The summed E-state index contributed by atoms with van der Waals surface area (Å²) in [6.07, 6.45) is 0. The molecule has 0 amide bonds. The molecule has 0 aliphatic rings. The molecule has 0 saturated heterocycles. The average Bonchev–Trinajstić information content (AvgIpc) is 2.99. The molecule has 0 radical (unpaired) electrons. The van der Waals surface area contributed by atoms with Crippen LogP contribution in [-0.2, 0) is 13.2 Å². The molecule has 4 nitrogen and oxygen atoms in total. The van der Waals surface area contributed by atoms with E-state index in [1.165, 1.54) is 0 Å². The number of ether oxygens (including phenoxy) is 2. The minimum absolute atomic E-state index is 0. The van der Waals surface area contributed by atoms with Crippen molar-refractivity contribution in [2.75, 3.05) is 20.3 Å². The monoisotopic (exact) mass is 363 g/mol. The molecule has 2 N–H and O–H groups in total. The molecule has 122 valence electrons. The Hall–Kier alpha value is -0.980. The van der Waals surface area contributed by atoms with E-state index in [0.717, 1.165) is 10.4 Å². The third kappa shape index (κ3) is 5.34. The van der Waals surface area contributed by atoms with Gasteiger partial charge in [-0.15, -0.1) is 23.7 Å². The number of nitrogens with one attached hydrogen (secondary N) is 1. The Bertz CT molecular complexity index is 564. The maximum Gasteiger partial charge on any atom is 0.180 e. The summed E-state index contributed by atoms with van der Waals surface area (Å²) >= 11 is 7.92. The van der Waals surface area contributed by atoms with Crippen LogP contribution >= 0.6 is 35.3 Å². The Morgan fingerprint density at radius 3 is 2.82 bits per heavy atom. The lowest BCUT2D eigenvalue weighted by molar-refractivity contribution is 0.286. The third-order valence-electron chi connectivity index (χ3n) is 2.85. The predicted molar refractivity (Wildman–Crippen MR) is 92.7 cm³/mol. The fourth-order valence-corrected chi connectivity index (χ4v) is 2.77. The van der Waals surface area contributed by atoms with Crippen LogP contribution in [0.5, 0.6) is 11.5 Å². The second kappa shape index (κ2) is 9.92. The largest absolute Gasteiger partial charge is 0.493 e. The maximum atomic E-state index is 8.77. The van der Waals surface area contributed by atoms with E-state index in [4.69, 9.17) is 26.2 Å². The van der Waals surface area contributed by atoms with Crippen LogP contribution in [0.1, 0.15) is 10.4 Å². The van der Waals surface area contributed by atoms with Crippen LogP contribution in [0.15, 0.2) is 29.6 Å². The lowest BCUT2D eigenvalue weighted by atomic mass is 10.2. The Morgan fingerprint density at radius 2 is 2.18 bits per heavy atom. The van der Waals surface area contributed by atoms with Crippen LogP contribution in [0.25, 0.3) is 0 Å². The summed E-state index contributed by atoms with van der Waals surface area (Å²) in [6.45, 7) is 1.72. The van der Waals surface area contributed by atoms with Crippen molar-refractivity contribution in [2.45, 2.75) is 13.2 Å². The summed E-state index contributed by atoms with van der Waals surface area (Å²) in [5.41, 5.74) is 0.980. The molecule has 1 aromatic heterocycles. The lowest BCUT2D eigenvalue weighted by Crippen LogP contribution is -2.17. The van der Waals surface area contributed by atoms with Gasteiger partial charge in [-0.05, 0) is 29.1 Å². The average molecular weight is 364 g/mol. The van der Waals surface area contributed by atoms with Crippen molar-refractivity contribution >= 4 is 35.3 Å². The zero-order chi connectivity index (χ0) is 15.1. The number of aliphatic hydroxyl groups is 1. The molecule has 22 heavy (non-hydrogen) atoms. The molecule has 2 rings (SSSR count). The van der Waals surface area contributed by atoms with Gasteiger partial charge in [-0.2, -0.15) is 0 Å². The molecule has 0 aliphatic heterocycles. The summed E-state index contributed by atoms with van der Waals surface area (Å²) < 4.78 is 11.1. The normalized spacial score (nSPS) is 10.1. The van der Waals surface area contributed by atoms with Crippen LogP contribution in [-0.4, -0.2) is 25.4 Å². The number of halogens is 2. The van der Waals surface area contributed by atoms with Crippen LogP contribution in [0.3, 0.4) is 0 Å². The maximum absolute atomic E-state index is 8.77. The summed E-state index contributed by atoms with van der Waals surface area (Å²) in [5.74, 6) is 1.17. The van der Waals surface area contributed by atoms with Crippen molar-refractivity contribution in [1.29, 1.82) is 0 Å². The van der Waals surface area contributed by atoms with Crippen molar-refractivity contribution < 1.29 is 14.6 Å². The van der Waals surface area contributed by atoms with Crippen molar-refractivity contribution in [2.24, 2.45) is 0 Å². The molecule has 0 bridgehead atoms. The van der Waals surface area contributed by atoms with Gasteiger partial charge in [-0.1, -0.05) is 17.7 Å². The van der Waals surface area contributed by atoms with Crippen molar-refractivity contribution in [3.8, 4) is 11.5 Å². The number of methoxy groups -OCH3 is 1. The van der Waals surface area contributed by atoms with E-state index in [1.54, 1.807) is 18.4 Å². The van der Waals surface area contributed by atoms with E-state index >= 15 is 0 Å². The standard InChI is InChI=1S/C15H18ClNO3S.ClH/c1-19-14-8-11(9-17-4-5-18)7-13(16)15(14)20-10-12-3-2-6-21-12;/h2-3,6-8,17-18H,4-5,9-10H2,1H3;1H. The van der Waals surface area contributed by atoms with E-state index < -0.39 is 0 Å². The number of hydrogen-bond acceptors (Lipinski definition) is 5. The SMILES string of the molecule is COc1cc(CNCCO)cc(Cl)c1OCc1cccs1.Cl. The first-order valence-corrected chi connectivity index (χ1v) is 7.83. The molecule has 0 atom stereocenters.